The molecular weight excluding hydrogens is 522 g/mol. The van der Waals surface area contributed by atoms with Gasteiger partial charge in [0, 0.05) is 24.5 Å². The van der Waals surface area contributed by atoms with Crippen molar-refractivity contribution in [2.45, 2.75) is 38.0 Å². The van der Waals surface area contributed by atoms with Gasteiger partial charge in [0.1, 0.15) is 17.2 Å². The van der Waals surface area contributed by atoms with Crippen LogP contribution in [0.3, 0.4) is 0 Å². The minimum absolute atomic E-state index is 0.0489. The molecule has 11 heteroatoms. The molecule has 1 aromatic heterocycles. The molecule has 202 valence electrons. The van der Waals surface area contributed by atoms with Gasteiger partial charge in [0.15, 0.2) is 0 Å². The summed E-state index contributed by atoms with van der Waals surface area (Å²) in [5.41, 5.74) is 4.45. The summed E-state index contributed by atoms with van der Waals surface area (Å²) in [5, 5.41) is 21.9. The fraction of sp³-hybridized carbons (Fsp3) is 0.250. The van der Waals surface area contributed by atoms with Gasteiger partial charge in [0.25, 0.3) is 5.91 Å². The first kappa shape index (κ1) is 27.1. The molecule has 0 radical (unpaired) electrons. The lowest BCUT2D eigenvalue weighted by atomic mass is 9.79. The van der Waals surface area contributed by atoms with E-state index in [0.29, 0.717) is 38.7 Å². The monoisotopic (exact) mass is 550 g/mol. The summed E-state index contributed by atoms with van der Waals surface area (Å²) in [6, 6.07) is 14.0. The topological polar surface area (TPSA) is 129 Å². The van der Waals surface area contributed by atoms with Crippen molar-refractivity contribution in [2.75, 3.05) is 7.05 Å². The van der Waals surface area contributed by atoms with Crippen LogP contribution in [-0.2, 0) is 22.3 Å². The zero-order chi connectivity index (χ0) is 27.9. The maximum absolute atomic E-state index is 13.5. The van der Waals surface area contributed by atoms with E-state index in [4.69, 9.17) is 4.42 Å². The summed E-state index contributed by atoms with van der Waals surface area (Å²) in [5.74, 6) is -0.558. The Morgan fingerprint density at radius 1 is 1.08 bits per heavy atom. The molecule has 0 aliphatic heterocycles. The van der Waals surface area contributed by atoms with Gasteiger partial charge in [-0.2, -0.15) is 0 Å². The van der Waals surface area contributed by atoms with Crippen LogP contribution in [0.4, 0.5) is 4.39 Å². The van der Waals surface area contributed by atoms with E-state index in [9.17, 15) is 27.7 Å². The zero-order valence-electron chi connectivity index (χ0n) is 21.5. The van der Waals surface area contributed by atoms with Crippen LogP contribution in [0.2, 0.25) is 0 Å². The van der Waals surface area contributed by atoms with Crippen molar-refractivity contribution < 1.29 is 32.1 Å². The van der Waals surface area contributed by atoms with Gasteiger partial charge in [-0.1, -0.05) is 18.2 Å². The highest BCUT2D eigenvalue weighted by atomic mass is 32.2. The van der Waals surface area contributed by atoms with Crippen LogP contribution in [0.5, 0.6) is 0 Å². The molecule has 1 saturated carbocycles. The van der Waals surface area contributed by atoms with Crippen molar-refractivity contribution >= 4 is 39.5 Å². The number of carbonyl (C=O) groups excluding carboxylic acids is 1. The summed E-state index contributed by atoms with van der Waals surface area (Å²) in [4.78, 5) is 12.9. The molecule has 1 heterocycles. The van der Waals surface area contributed by atoms with E-state index in [1.54, 1.807) is 31.2 Å². The largest absolute Gasteiger partial charge is 0.488 e. The standard InChI is InChI=1S/C28H28BFN2O6S/c1-16-11-21(29(34)35)8-5-19(16)14-32-39(36,37)15-20-12-25-24(13-23(20)17-3-4-17)26(28(33)31-2)27(38-25)18-6-9-22(30)10-7-18/h5-13,17,32,34-35H,3-4,14-15H2,1-2H3,(H,31,33). The van der Waals surface area contributed by atoms with Gasteiger partial charge < -0.3 is 19.8 Å². The Bertz CT molecular complexity index is 1660. The lowest BCUT2D eigenvalue weighted by Gasteiger charge is -2.13. The molecule has 1 amide bonds. The fourth-order valence-electron chi connectivity index (χ4n) is 4.78. The van der Waals surface area contributed by atoms with Crippen molar-refractivity contribution in [1.82, 2.24) is 10.0 Å². The van der Waals surface area contributed by atoms with E-state index >= 15 is 0 Å². The van der Waals surface area contributed by atoms with Crippen molar-refractivity contribution in [3.63, 3.8) is 0 Å². The fourth-order valence-corrected chi connectivity index (χ4v) is 5.91. The number of hydrogen-bond acceptors (Lipinski definition) is 6. The van der Waals surface area contributed by atoms with Crippen LogP contribution in [-0.4, -0.2) is 38.5 Å². The third-order valence-corrected chi connectivity index (χ3v) is 8.30. The molecule has 8 nitrogen and oxygen atoms in total. The highest BCUT2D eigenvalue weighted by Gasteiger charge is 2.31. The Kier molecular flexibility index (Phi) is 7.34. The Balaban J connectivity index is 1.49. The Hall–Kier alpha value is -3.51. The first-order valence-electron chi connectivity index (χ1n) is 12.6. The number of halogens is 1. The van der Waals surface area contributed by atoms with E-state index in [1.165, 1.54) is 31.3 Å². The van der Waals surface area contributed by atoms with E-state index in [2.05, 4.69) is 10.0 Å². The molecule has 39 heavy (non-hydrogen) atoms. The van der Waals surface area contributed by atoms with Gasteiger partial charge in [-0.25, -0.2) is 17.5 Å². The van der Waals surface area contributed by atoms with E-state index in [0.717, 1.165) is 24.0 Å². The molecule has 3 aromatic carbocycles. The van der Waals surface area contributed by atoms with Gasteiger partial charge in [-0.15, -0.1) is 0 Å². The van der Waals surface area contributed by atoms with E-state index in [1.807, 2.05) is 6.07 Å². The normalized spacial score (nSPS) is 13.6. The van der Waals surface area contributed by atoms with Crippen molar-refractivity contribution in [1.29, 1.82) is 0 Å². The van der Waals surface area contributed by atoms with Crippen LogP contribution in [0.25, 0.3) is 22.3 Å². The molecule has 0 spiro atoms. The number of aryl methyl sites for hydroxylation is 1. The van der Waals surface area contributed by atoms with E-state index in [-0.39, 0.29) is 29.9 Å². The molecular formula is C28H28BFN2O6S. The number of carbonyl (C=O) groups is 1. The number of hydrogen-bond donors (Lipinski definition) is 4. The molecule has 0 unspecified atom stereocenters. The number of rotatable bonds is 9. The number of furan rings is 1. The van der Waals surface area contributed by atoms with Crippen LogP contribution in [0.15, 0.2) is 59.0 Å². The number of nitrogens with one attached hydrogen (secondary N) is 2. The lowest BCUT2D eigenvalue weighted by molar-refractivity contribution is 0.0964. The summed E-state index contributed by atoms with van der Waals surface area (Å²) < 4.78 is 48.6. The average Bonchev–Trinajstić information content (AvgIpc) is 3.67. The summed E-state index contributed by atoms with van der Waals surface area (Å²) >= 11 is 0. The predicted molar refractivity (Wildman–Crippen MR) is 147 cm³/mol. The molecule has 4 N–H and O–H groups in total. The Morgan fingerprint density at radius 2 is 1.79 bits per heavy atom. The zero-order valence-corrected chi connectivity index (χ0v) is 22.3. The van der Waals surface area contributed by atoms with Crippen LogP contribution in [0, 0.1) is 12.7 Å². The third-order valence-electron chi connectivity index (χ3n) is 7.02. The molecule has 1 aliphatic rings. The molecule has 4 aromatic rings. The van der Waals surface area contributed by atoms with E-state index < -0.39 is 23.0 Å². The molecule has 1 fully saturated rings. The quantitative estimate of drug-likeness (QED) is 0.237. The van der Waals surface area contributed by atoms with Gasteiger partial charge >= 0.3 is 7.12 Å². The van der Waals surface area contributed by atoms with Crippen molar-refractivity contribution in [2.24, 2.45) is 0 Å². The summed E-state index contributed by atoms with van der Waals surface area (Å²) in [6.45, 7) is 1.82. The molecule has 0 bridgehead atoms. The SMILES string of the molecule is CNC(=O)c1c(-c2ccc(F)cc2)oc2cc(CS(=O)(=O)NCc3ccc(B(O)O)cc3C)c(C3CC3)cc12. The highest BCUT2D eigenvalue weighted by molar-refractivity contribution is 7.88. The number of fused-ring (bicyclic) bond motifs is 1. The molecule has 0 saturated heterocycles. The number of benzene rings is 3. The average molecular weight is 550 g/mol. The minimum Gasteiger partial charge on any atom is -0.455 e. The molecule has 0 atom stereocenters. The first-order chi connectivity index (χ1) is 18.6. The Labute approximate surface area is 226 Å². The molecule has 5 rings (SSSR count). The lowest BCUT2D eigenvalue weighted by Crippen LogP contribution is -2.30. The second kappa shape index (κ2) is 10.6. The maximum Gasteiger partial charge on any atom is 0.488 e. The van der Waals surface area contributed by atoms with Gasteiger partial charge in [-0.3, -0.25) is 4.79 Å². The van der Waals surface area contributed by atoms with Crippen molar-refractivity contribution in [3.05, 3.63) is 88.2 Å². The summed E-state index contributed by atoms with van der Waals surface area (Å²) in [7, 11) is -3.84. The smallest absolute Gasteiger partial charge is 0.455 e. The van der Waals surface area contributed by atoms with Crippen LogP contribution in [0.1, 0.15) is 51.4 Å². The third kappa shape index (κ3) is 5.76. The summed E-state index contributed by atoms with van der Waals surface area (Å²) in [6.07, 6.45) is 1.85. The second-order valence-electron chi connectivity index (χ2n) is 9.85. The number of sulfonamides is 1. The Morgan fingerprint density at radius 3 is 2.41 bits per heavy atom. The highest BCUT2D eigenvalue weighted by Crippen LogP contribution is 2.45. The number of amides is 1. The van der Waals surface area contributed by atoms with Crippen LogP contribution < -0.4 is 15.5 Å². The second-order valence-corrected chi connectivity index (χ2v) is 11.7. The maximum atomic E-state index is 13.5. The first-order valence-corrected chi connectivity index (χ1v) is 14.2. The van der Waals surface area contributed by atoms with Gasteiger partial charge in [0.2, 0.25) is 10.0 Å². The predicted octanol–water partition coefficient (Wildman–Crippen LogP) is 3.08. The van der Waals surface area contributed by atoms with Crippen LogP contribution >= 0.6 is 0 Å². The van der Waals surface area contributed by atoms with Gasteiger partial charge in [-0.05, 0) is 89.8 Å². The van der Waals surface area contributed by atoms with Gasteiger partial charge in [0.05, 0.1) is 11.3 Å². The molecule has 1 aliphatic carbocycles. The minimum atomic E-state index is -3.77. The van der Waals surface area contributed by atoms with Crippen molar-refractivity contribution in [3.8, 4) is 11.3 Å².